The Bertz CT molecular complexity index is 183. The van der Waals surface area contributed by atoms with Gasteiger partial charge in [0.2, 0.25) is 0 Å². The predicted octanol–water partition coefficient (Wildman–Crippen LogP) is 3.40. The molecule has 2 nitrogen and oxygen atoms in total. The van der Waals surface area contributed by atoms with Gasteiger partial charge < -0.3 is 10.6 Å². The van der Waals surface area contributed by atoms with Crippen LogP contribution in [0.5, 0.6) is 0 Å². The van der Waals surface area contributed by atoms with Crippen molar-refractivity contribution >= 4 is 0 Å². The molecule has 0 radical (unpaired) electrons. The summed E-state index contributed by atoms with van der Waals surface area (Å²) in [7, 11) is 0. The van der Waals surface area contributed by atoms with Crippen molar-refractivity contribution in [3.05, 3.63) is 0 Å². The number of hydrogen-bond donors (Lipinski definition) is 1. The Balaban J connectivity index is 2.25. The van der Waals surface area contributed by atoms with E-state index in [1.807, 2.05) is 0 Å². The van der Waals surface area contributed by atoms with Gasteiger partial charge in [-0.25, -0.2) is 0 Å². The second-order valence-corrected chi connectivity index (χ2v) is 6.30. The van der Waals surface area contributed by atoms with E-state index in [4.69, 9.17) is 5.73 Å². The van der Waals surface area contributed by atoms with Gasteiger partial charge in [-0.3, -0.25) is 0 Å². The topological polar surface area (TPSA) is 29.3 Å². The average Bonchev–Trinajstić information content (AvgIpc) is 2.74. The molecule has 0 aromatic rings. The second kappa shape index (κ2) is 8.10. The first kappa shape index (κ1) is 15.0. The molecular formula is C15H32N2. The zero-order chi connectivity index (χ0) is 12.7. The molecule has 0 bridgehead atoms. The lowest BCUT2D eigenvalue weighted by Crippen LogP contribution is -2.37. The van der Waals surface area contributed by atoms with Crippen molar-refractivity contribution in [1.29, 1.82) is 0 Å². The molecule has 1 atom stereocenters. The fourth-order valence-corrected chi connectivity index (χ4v) is 2.94. The molecule has 0 aromatic heterocycles. The summed E-state index contributed by atoms with van der Waals surface area (Å²) in [6.07, 6.45) is 9.54. The number of rotatable bonds is 8. The standard InChI is InChI=1S/C15H32N2/c1-13(2)12-17(15-9-4-5-10-15)11-7-6-8-14(3)16/h13-15H,4-12,16H2,1-3H3. The van der Waals surface area contributed by atoms with Crippen LogP contribution in [0.4, 0.5) is 0 Å². The van der Waals surface area contributed by atoms with Gasteiger partial charge in [0.25, 0.3) is 0 Å². The minimum Gasteiger partial charge on any atom is -0.328 e. The lowest BCUT2D eigenvalue weighted by atomic mass is 10.1. The molecule has 1 saturated carbocycles. The molecule has 1 fully saturated rings. The maximum absolute atomic E-state index is 5.80. The predicted molar refractivity (Wildman–Crippen MR) is 76.2 cm³/mol. The molecule has 0 spiro atoms. The summed E-state index contributed by atoms with van der Waals surface area (Å²) in [4.78, 5) is 2.75. The Morgan fingerprint density at radius 3 is 2.29 bits per heavy atom. The van der Waals surface area contributed by atoms with Gasteiger partial charge in [-0.05, 0) is 45.1 Å². The van der Waals surface area contributed by atoms with Gasteiger partial charge in [-0.1, -0.05) is 33.1 Å². The SMILES string of the molecule is CC(C)CN(CCCCC(C)N)C1CCCC1. The first-order valence-electron chi connectivity index (χ1n) is 7.59. The maximum atomic E-state index is 5.80. The van der Waals surface area contributed by atoms with E-state index >= 15 is 0 Å². The minimum absolute atomic E-state index is 0.375. The molecule has 2 heteroatoms. The van der Waals surface area contributed by atoms with Crippen molar-refractivity contribution < 1.29 is 0 Å². The monoisotopic (exact) mass is 240 g/mol. The van der Waals surface area contributed by atoms with Crippen molar-refractivity contribution in [3.8, 4) is 0 Å². The van der Waals surface area contributed by atoms with Gasteiger partial charge in [0.05, 0.1) is 0 Å². The van der Waals surface area contributed by atoms with E-state index in [1.165, 1.54) is 58.0 Å². The summed E-state index contributed by atoms with van der Waals surface area (Å²) in [5.41, 5.74) is 5.80. The zero-order valence-electron chi connectivity index (χ0n) is 12.1. The smallest absolute Gasteiger partial charge is 0.00953 e. The first-order valence-corrected chi connectivity index (χ1v) is 7.59. The van der Waals surface area contributed by atoms with Crippen LogP contribution in [0.1, 0.15) is 65.7 Å². The Labute approximate surface area is 108 Å². The van der Waals surface area contributed by atoms with E-state index in [2.05, 4.69) is 25.7 Å². The van der Waals surface area contributed by atoms with Gasteiger partial charge in [-0.15, -0.1) is 0 Å². The van der Waals surface area contributed by atoms with Gasteiger partial charge in [0, 0.05) is 18.6 Å². The summed E-state index contributed by atoms with van der Waals surface area (Å²) >= 11 is 0. The van der Waals surface area contributed by atoms with Crippen LogP contribution in [0.3, 0.4) is 0 Å². The summed E-state index contributed by atoms with van der Waals surface area (Å²) in [5.74, 6) is 0.795. The quantitative estimate of drug-likeness (QED) is 0.659. The first-order chi connectivity index (χ1) is 8.09. The summed E-state index contributed by atoms with van der Waals surface area (Å²) in [6, 6.07) is 1.26. The van der Waals surface area contributed by atoms with Crippen LogP contribution < -0.4 is 5.73 Å². The van der Waals surface area contributed by atoms with Crippen LogP contribution in [-0.2, 0) is 0 Å². The van der Waals surface area contributed by atoms with E-state index < -0.39 is 0 Å². The molecule has 2 N–H and O–H groups in total. The summed E-state index contributed by atoms with van der Waals surface area (Å²) < 4.78 is 0. The molecule has 1 rings (SSSR count). The number of nitrogens with zero attached hydrogens (tertiary/aromatic N) is 1. The molecule has 17 heavy (non-hydrogen) atoms. The highest BCUT2D eigenvalue weighted by Gasteiger charge is 2.22. The highest BCUT2D eigenvalue weighted by molar-refractivity contribution is 4.78. The Kier molecular flexibility index (Phi) is 7.14. The van der Waals surface area contributed by atoms with Crippen LogP contribution in [0.25, 0.3) is 0 Å². The molecule has 1 aliphatic carbocycles. The molecule has 1 aliphatic rings. The van der Waals surface area contributed by atoms with Crippen LogP contribution in [0, 0.1) is 5.92 Å². The number of unbranched alkanes of at least 4 members (excludes halogenated alkanes) is 1. The Morgan fingerprint density at radius 1 is 1.12 bits per heavy atom. The fraction of sp³-hybridized carbons (Fsp3) is 1.00. The third-order valence-corrected chi connectivity index (χ3v) is 3.80. The summed E-state index contributed by atoms with van der Waals surface area (Å²) in [5, 5.41) is 0. The lowest BCUT2D eigenvalue weighted by Gasteiger charge is -2.30. The highest BCUT2D eigenvalue weighted by atomic mass is 15.2. The van der Waals surface area contributed by atoms with Crippen molar-refractivity contribution in [2.24, 2.45) is 11.7 Å². The number of nitrogens with two attached hydrogens (primary N) is 1. The fourth-order valence-electron chi connectivity index (χ4n) is 2.94. The van der Waals surface area contributed by atoms with E-state index in [0.717, 1.165) is 12.0 Å². The van der Waals surface area contributed by atoms with Crippen LogP contribution >= 0.6 is 0 Å². The van der Waals surface area contributed by atoms with Crippen molar-refractivity contribution in [2.45, 2.75) is 77.8 Å². The minimum atomic E-state index is 0.375. The highest BCUT2D eigenvalue weighted by Crippen LogP contribution is 2.24. The van der Waals surface area contributed by atoms with Crippen LogP contribution in [-0.4, -0.2) is 30.1 Å². The Morgan fingerprint density at radius 2 is 1.76 bits per heavy atom. The molecule has 0 heterocycles. The molecule has 0 amide bonds. The van der Waals surface area contributed by atoms with Gasteiger partial charge in [-0.2, -0.15) is 0 Å². The van der Waals surface area contributed by atoms with E-state index in [0.29, 0.717) is 6.04 Å². The van der Waals surface area contributed by atoms with Crippen LogP contribution in [0.2, 0.25) is 0 Å². The van der Waals surface area contributed by atoms with Crippen molar-refractivity contribution in [2.75, 3.05) is 13.1 Å². The van der Waals surface area contributed by atoms with Crippen molar-refractivity contribution in [1.82, 2.24) is 4.90 Å². The van der Waals surface area contributed by atoms with Crippen molar-refractivity contribution in [3.63, 3.8) is 0 Å². The largest absolute Gasteiger partial charge is 0.328 e. The van der Waals surface area contributed by atoms with E-state index in [-0.39, 0.29) is 0 Å². The molecular weight excluding hydrogens is 208 g/mol. The molecule has 0 aliphatic heterocycles. The third-order valence-electron chi connectivity index (χ3n) is 3.80. The maximum Gasteiger partial charge on any atom is 0.00953 e. The van der Waals surface area contributed by atoms with Gasteiger partial charge in [0.1, 0.15) is 0 Å². The Hall–Kier alpha value is -0.0800. The van der Waals surface area contributed by atoms with Gasteiger partial charge >= 0.3 is 0 Å². The lowest BCUT2D eigenvalue weighted by molar-refractivity contribution is 0.173. The third kappa shape index (κ3) is 6.42. The van der Waals surface area contributed by atoms with E-state index in [1.54, 1.807) is 0 Å². The molecule has 0 saturated heterocycles. The zero-order valence-corrected chi connectivity index (χ0v) is 12.1. The average molecular weight is 240 g/mol. The normalized spacial score (nSPS) is 19.4. The second-order valence-electron chi connectivity index (χ2n) is 6.30. The molecule has 0 aromatic carbocycles. The number of hydrogen-bond acceptors (Lipinski definition) is 2. The molecule has 1 unspecified atom stereocenters. The summed E-state index contributed by atoms with van der Waals surface area (Å²) in [6.45, 7) is 9.36. The van der Waals surface area contributed by atoms with Crippen LogP contribution in [0.15, 0.2) is 0 Å². The molecule has 102 valence electrons. The van der Waals surface area contributed by atoms with Gasteiger partial charge in [0.15, 0.2) is 0 Å². The van der Waals surface area contributed by atoms with E-state index in [9.17, 15) is 0 Å².